The predicted octanol–water partition coefficient (Wildman–Crippen LogP) is 3.58. The van der Waals surface area contributed by atoms with Crippen molar-refractivity contribution in [3.8, 4) is 11.5 Å². The van der Waals surface area contributed by atoms with Gasteiger partial charge in [0.25, 0.3) is 0 Å². The van der Waals surface area contributed by atoms with Crippen LogP contribution in [0.3, 0.4) is 0 Å². The summed E-state index contributed by atoms with van der Waals surface area (Å²) in [7, 11) is 3.07. The topological polar surface area (TPSA) is 51.0 Å². The van der Waals surface area contributed by atoms with Crippen molar-refractivity contribution in [2.75, 3.05) is 14.2 Å². The molecule has 0 saturated heterocycles. The van der Waals surface area contributed by atoms with Crippen molar-refractivity contribution < 1.29 is 14.7 Å². The first-order chi connectivity index (χ1) is 9.71. The molecule has 0 aromatic heterocycles. The number of rotatable bonds is 4. The van der Waals surface area contributed by atoms with Gasteiger partial charge in [-0.1, -0.05) is 47.1 Å². The lowest BCUT2D eigenvalue weighted by Crippen LogP contribution is -2.05. The maximum absolute atomic E-state index is 9.30. The van der Waals surface area contributed by atoms with Crippen LogP contribution in [0, 0.1) is 0 Å². The Morgan fingerprint density at radius 2 is 1.65 bits per heavy atom. The van der Waals surface area contributed by atoms with Crippen molar-refractivity contribution in [1.29, 1.82) is 0 Å². The average molecular weight is 292 g/mol. The molecule has 0 saturated carbocycles. The van der Waals surface area contributed by atoms with E-state index in [1.165, 1.54) is 14.2 Å². The van der Waals surface area contributed by atoms with E-state index >= 15 is 0 Å². The molecule has 4 nitrogen and oxygen atoms in total. The largest absolute Gasteiger partial charge is 0.493 e. The summed E-state index contributed by atoms with van der Waals surface area (Å²) in [5, 5.41) is 13.1. The molecule has 2 aromatic rings. The van der Waals surface area contributed by atoms with Gasteiger partial charge in [0.05, 0.1) is 19.2 Å². The van der Waals surface area contributed by atoms with Gasteiger partial charge < -0.3 is 14.7 Å². The Bertz CT molecular complexity index is 627. The molecule has 0 heterocycles. The molecule has 0 aliphatic carbocycles. The summed E-state index contributed by atoms with van der Waals surface area (Å²) in [5.41, 5.74) is 1.69. The Labute approximate surface area is 122 Å². The van der Waals surface area contributed by atoms with Gasteiger partial charge >= 0.3 is 0 Å². The number of halogens is 1. The Hall–Kier alpha value is -2.20. The lowest BCUT2D eigenvalue weighted by molar-refractivity contribution is 0.319. The number of nitrogens with zero attached hydrogens (tertiary/aromatic N) is 1. The Balaban J connectivity index is 2.56. The number of methoxy groups -OCH3 is 2. The lowest BCUT2D eigenvalue weighted by Gasteiger charge is -2.12. The van der Waals surface area contributed by atoms with Crippen LogP contribution in [0.4, 0.5) is 0 Å². The van der Waals surface area contributed by atoms with E-state index in [1.807, 2.05) is 30.3 Å². The monoisotopic (exact) mass is 291 g/mol. The lowest BCUT2D eigenvalue weighted by atomic mass is 10.0. The third-order valence-electron chi connectivity index (χ3n) is 2.88. The highest BCUT2D eigenvalue weighted by Gasteiger charge is 2.16. The number of ether oxygens (including phenoxy) is 2. The highest BCUT2D eigenvalue weighted by molar-refractivity contribution is 6.35. The fourth-order valence-electron chi connectivity index (χ4n) is 1.90. The first-order valence-corrected chi connectivity index (χ1v) is 6.28. The third-order valence-corrected chi connectivity index (χ3v) is 3.19. The van der Waals surface area contributed by atoms with E-state index in [4.69, 9.17) is 21.1 Å². The molecule has 1 N–H and O–H groups in total. The van der Waals surface area contributed by atoms with Crippen molar-refractivity contribution in [2.24, 2.45) is 5.16 Å². The van der Waals surface area contributed by atoms with Crippen LogP contribution in [0.15, 0.2) is 47.6 Å². The molecule has 0 aliphatic heterocycles. The molecule has 0 aliphatic rings. The summed E-state index contributed by atoms with van der Waals surface area (Å²) in [6.45, 7) is 0. The molecule has 0 atom stereocenters. The van der Waals surface area contributed by atoms with E-state index in [1.54, 1.807) is 12.1 Å². The zero-order valence-corrected chi connectivity index (χ0v) is 11.9. The highest BCUT2D eigenvalue weighted by atomic mass is 35.5. The average Bonchev–Trinajstić information content (AvgIpc) is 2.50. The maximum atomic E-state index is 9.30. The summed E-state index contributed by atoms with van der Waals surface area (Å²) < 4.78 is 10.4. The van der Waals surface area contributed by atoms with Crippen LogP contribution in [0.25, 0.3) is 0 Å². The molecular weight excluding hydrogens is 278 g/mol. The van der Waals surface area contributed by atoms with Crippen LogP contribution in [0.5, 0.6) is 11.5 Å². The molecule has 0 spiro atoms. The first kappa shape index (κ1) is 14.2. The fourth-order valence-corrected chi connectivity index (χ4v) is 2.14. The second-order valence-corrected chi connectivity index (χ2v) is 4.41. The van der Waals surface area contributed by atoms with E-state index in [0.29, 0.717) is 27.8 Å². The van der Waals surface area contributed by atoms with Gasteiger partial charge in [-0.2, -0.15) is 0 Å². The molecule has 5 heteroatoms. The normalized spacial score (nSPS) is 11.2. The summed E-state index contributed by atoms with van der Waals surface area (Å²) in [6.07, 6.45) is 0. The second kappa shape index (κ2) is 6.30. The van der Waals surface area contributed by atoms with Gasteiger partial charge in [-0.05, 0) is 6.07 Å². The van der Waals surface area contributed by atoms with Gasteiger partial charge in [-0.25, -0.2) is 0 Å². The Kier molecular flexibility index (Phi) is 4.48. The van der Waals surface area contributed by atoms with E-state index in [2.05, 4.69) is 5.16 Å². The molecular formula is C15H14ClNO3. The fraction of sp³-hybridized carbons (Fsp3) is 0.133. The van der Waals surface area contributed by atoms with Gasteiger partial charge in [-0.3, -0.25) is 0 Å². The van der Waals surface area contributed by atoms with E-state index < -0.39 is 0 Å². The van der Waals surface area contributed by atoms with Crippen molar-refractivity contribution in [2.45, 2.75) is 0 Å². The highest BCUT2D eigenvalue weighted by Crippen LogP contribution is 2.34. The van der Waals surface area contributed by atoms with Crippen LogP contribution in [0.2, 0.25) is 5.02 Å². The van der Waals surface area contributed by atoms with E-state index in [0.717, 1.165) is 5.56 Å². The Morgan fingerprint density at radius 3 is 2.20 bits per heavy atom. The molecule has 0 radical (unpaired) electrons. The minimum atomic E-state index is 0.372. The van der Waals surface area contributed by atoms with Crippen molar-refractivity contribution in [1.82, 2.24) is 0 Å². The minimum Gasteiger partial charge on any atom is -0.493 e. The van der Waals surface area contributed by atoms with E-state index in [-0.39, 0.29) is 0 Å². The smallest absolute Gasteiger partial charge is 0.162 e. The standard InChI is InChI=1S/C15H14ClNO3/c1-19-13-8-11(12(16)9-14(13)20-2)15(17-18)10-6-4-3-5-7-10/h3-9,18H,1-2H3/b17-15-. The van der Waals surface area contributed by atoms with Gasteiger partial charge in [0, 0.05) is 17.2 Å². The quantitative estimate of drug-likeness (QED) is 0.532. The zero-order valence-electron chi connectivity index (χ0n) is 11.1. The predicted molar refractivity (Wildman–Crippen MR) is 78.4 cm³/mol. The van der Waals surface area contributed by atoms with Crippen LogP contribution in [0.1, 0.15) is 11.1 Å². The minimum absolute atomic E-state index is 0.372. The van der Waals surface area contributed by atoms with Crippen LogP contribution in [-0.2, 0) is 0 Å². The molecule has 0 unspecified atom stereocenters. The number of benzene rings is 2. The van der Waals surface area contributed by atoms with Crippen molar-refractivity contribution in [3.05, 3.63) is 58.6 Å². The van der Waals surface area contributed by atoms with Crippen molar-refractivity contribution >= 4 is 17.3 Å². The summed E-state index contributed by atoms with van der Waals surface area (Å²) in [5.74, 6) is 1.04. The molecule has 0 fully saturated rings. The van der Waals surface area contributed by atoms with E-state index in [9.17, 15) is 5.21 Å². The summed E-state index contributed by atoms with van der Waals surface area (Å²) in [6, 6.07) is 12.6. The van der Waals surface area contributed by atoms with Gasteiger partial charge in [0.15, 0.2) is 11.5 Å². The molecule has 104 valence electrons. The zero-order chi connectivity index (χ0) is 14.5. The molecule has 2 rings (SSSR count). The number of hydrogen-bond acceptors (Lipinski definition) is 4. The van der Waals surface area contributed by atoms with Crippen molar-refractivity contribution in [3.63, 3.8) is 0 Å². The molecule has 2 aromatic carbocycles. The molecule has 0 amide bonds. The van der Waals surface area contributed by atoms with Gasteiger partial charge in [0.2, 0.25) is 0 Å². The number of hydrogen-bond donors (Lipinski definition) is 1. The van der Waals surface area contributed by atoms with Crippen LogP contribution >= 0.6 is 11.6 Å². The molecule has 0 bridgehead atoms. The van der Waals surface area contributed by atoms with Crippen LogP contribution < -0.4 is 9.47 Å². The number of oxime groups is 1. The van der Waals surface area contributed by atoms with Crippen LogP contribution in [-0.4, -0.2) is 25.1 Å². The SMILES string of the molecule is COc1cc(Cl)c(/C(=N\O)c2ccccc2)cc1OC. The van der Waals surface area contributed by atoms with Gasteiger partial charge in [0.1, 0.15) is 5.71 Å². The maximum Gasteiger partial charge on any atom is 0.162 e. The first-order valence-electron chi connectivity index (χ1n) is 5.90. The second-order valence-electron chi connectivity index (χ2n) is 4.00. The third kappa shape index (κ3) is 2.70. The van der Waals surface area contributed by atoms with Gasteiger partial charge in [-0.15, -0.1) is 0 Å². The summed E-state index contributed by atoms with van der Waals surface area (Å²) in [4.78, 5) is 0. The Morgan fingerprint density at radius 1 is 1.05 bits per heavy atom. The summed E-state index contributed by atoms with van der Waals surface area (Å²) >= 11 is 6.23. The molecule has 20 heavy (non-hydrogen) atoms.